The Hall–Kier alpha value is -1.38. The monoisotopic (exact) mass is 318 g/mol. The third kappa shape index (κ3) is 4.79. The molecule has 0 saturated heterocycles. The fourth-order valence-electron chi connectivity index (χ4n) is 3.37. The molecule has 0 bridgehead atoms. The van der Waals surface area contributed by atoms with Gasteiger partial charge in [0.05, 0.1) is 13.2 Å². The Balaban J connectivity index is 2.17. The molecule has 23 heavy (non-hydrogen) atoms. The van der Waals surface area contributed by atoms with Crippen LogP contribution in [-0.2, 0) is 5.60 Å². The molecule has 4 heteroatoms. The Kier molecular flexibility index (Phi) is 7.07. The van der Waals surface area contributed by atoms with Crippen LogP contribution < -0.4 is 4.90 Å². The van der Waals surface area contributed by atoms with E-state index >= 15 is 0 Å². The highest BCUT2D eigenvalue weighted by atomic mass is 16.3. The van der Waals surface area contributed by atoms with Crippen LogP contribution in [0.1, 0.15) is 31.2 Å². The van der Waals surface area contributed by atoms with Gasteiger partial charge < -0.3 is 20.2 Å². The van der Waals surface area contributed by atoms with Gasteiger partial charge in [0.15, 0.2) is 5.60 Å². The number of hydrogen-bond donors (Lipinski definition) is 4. The highest BCUT2D eigenvalue weighted by molar-refractivity contribution is 5.33. The molecule has 126 valence electrons. The average Bonchev–Trinajstić information content (AvgIpc) is 3.11. The van der Waals surface area contributed by atoms with Crippen molar-refractivity contribution in [1.29, 1.82) is 0 Å². The van der Waals surface area contributed by atoms with Crippen molar-refractivity contribution >= 4 is 0 Å². The van der Waals surface area contributed by atoms with Crippen LogP contribution >= 0.6 is 0 Å². The number of quaternary nitrogens is 1. The van der Waals surface area contributed by atoms with Gasteiger partial charge in [0.2, 0.25) is 0 Å². The molecular formula is C19H28NO3+. The summed E-state index contributed by atoms with van der Waals surface area (Å²) in [6.07, 6.45) is 4.30. The molecule has 0 amide bonds. The summed E-state index contributed by atoms with van der Waals surface area (Å²) in [4.78, 5) is 1.03. The molecule has 0 unspecified atom stereocenters. The van der Waals surface area contributed by atoms with Gasteiger partial charge in [0.1, 0.15) is 19.6 Å². The van der Waals surface area contributed by atoms with Crippen molar-refractivity contribution in [3.8, 4) is 11.8 Å². The van der Waals surface area contributed by atoms with E-state index in [9.17, 15) is 5.11 Å². The van der Waals surface area contributed by atoms with Gasteiger partial charge >= 0.3 is 0 Å². The maximum Gasteiger partial charge on any atom is 0.153 e. The van der Waals surface area contributed by atoms with Crippen LogP contribution in [0.2, 0.25) is 0 Å². The molecule has 0 radical (unpaired) electrons. The Morgan fingerprint density at radius 2 is 1.65 bits per heavy atom. The topological polar surface area (TPSA) is 65.1 Å². The molecule has 1 aromatic carbocycles. The van der Waals surface area contributed by atoms with Crippen molar-refractivity contribution in [3.63, 3.8) is 0 Å². The van der Waals surface area contributed by atoms with Crippen molar-refractivity contribution in [2.45, 2.75) is 31.3 Å². The minimum Gasteiger partial charge on any atom is -0.391 e. The van der Waals surface area contributed by atoms with Crippen molar-refractivity contribution in [2.75, 3.05) is 32.8 Å². The van der Waals surface area contributed by atoms with E-state index in [2.05, 4.69) is 11.8 Å². The van der Waals surface area contributed by atoms with Crippen LogP contribution in [0.5, 0.6) is 0 Å². The van der Waals surface area contributed by atoms with Gasteiger partial charge in [0, 0.05) is 5.92 Å². The highest BCUT2D eigenvalue weighted by Gasteiger charge is 2.38. The molecule has 0 aromatic heterocycles. The second-order valence-corrected chi connectivity index (χ2v) is 6.29. The van der Waals surface area contributed by atoms with Crippen LogP contribution in [0.3, 0.4) is 0 Å². The molecule has 0 aliphatic heterocycles. The van der Waals surface area contributed by atoms with Crippen molar-refractivity contribution in [2.24, 2.45) is 5.92 Å². The van der Waals surface area contributed by atoms with E-state index in [0.717, 1.165) is 36.1 Å². The lowest BCUT2D eigenvalue weighted by Gasteiger charge is -2.29. The average molecular weight is 318 g/mol. The summed E-state index contributed by atoms with van der Waals surface area (Å²) >= 11 is 0. The van der Waals surface area contributed by atoms with E-state index in [-0.39, 0.29) is 19.1 Å². The number of aliphatic hydroxyl groups is 3. The van der Waals surface area contributed by atoms with E-state index < -0.39 is 5.60 Å². The van der Waals surface area contributed by atoms with Gasteiger partial charge in [0.25, 0.3) is 0 Å². The number of rotatable bonds is 7. The van der Waals surface area contributed by atoms with Crippen molar-refractivity contribution in [1.82, 2.24) is 0 Å². The minimum atomic E-state index is -1.10. The molecule has 4 nitrogen and oxygen atoms in total. The van der Waals surface area contributed by atoms with E-state index in [0.29, 0.717) is 19.6 Å². The lowest BCUT2D eigenvalue weighted by Crippen LogP contribution is -3.12. The molecule has 1 aliphatic rings. The third-order valence-electron chi connectivity index (χ3n) is 4.71. The zero-order valence-electron chi connectivity index (χ0n) is 13.7. The molecule has 1 atom stereocenters. The van der Waals surface area contributed by atoms with E-state index in [1.807, 2.05) is 30.3 Å². The molecule has 0 spiro atoms. The Morgan fingerprint density at radius 3 is 2.22 bits per heavy atom. The summed E-state index contributed by atoms with van der Waals surface area (Å²) < 4.78 is 0. The summed E-state index contributed by atoms with van der Waals surface area (Å²) in [5.74, 6) is 6.41. The first-order valence-electron chi connectivity index (χ1n) is 8.54. The van der Waals surface area contributed by atoms with Crippen LogP contribution in [0.4, 0.5) is 0 Å². The predicted molar refractivity (Wildman–Crippen MR) is 89.8 cm³/mol. The van der Waals surface area contributed by atoms with Gasteiger partial charge in [-0.05, 0) is 24.3 Å². The van der Waals surface area contributed by atoms with E-state index in [1.54, 1.807) is 0 Å². The smallest absolute Gasteiger partial charge is 0.153 e. The number of nitrogens with one attached hydrogen (secondary N) is 1. The molecule has 1 aromatic rings. The van der Waals surface area contributed by atoms with Crippen LogP contribution in [0.15, 0.2) is 30.3 Å². The van der Waals surface area contributed by atoms with Crippen LogP contribution in [0, 0.1) is 17.8 Å². The Bertz CT molecular complexity index is 510. The van der Waals surface area contributed by atoms with E-state index in [4.69, 9.17) is 10.2 Å². The predicted octanol–water partition coefficient (Wildman–Crippen LogP) is -0.0627. The standard InChI is InChI=1S/C19H27NO3/c21-15-13-20(14-16-22)12-6-11-19(23,18-9-4-5-10-18)17-7-2-1-3-8-17/h1-3,7-8,18,21-23H,4-5,9-10,12-16H2/p+1/t19-/m0/s1. The number of benzene rings is 1. The zero-order chi connectivity index (χ0) is 16.5. The largest absolute Gasteiger partial charge is 0.391 e. The second-order valence-electron chi connectivity index (χ2n) is 6.29. The fourth-order valence-corrected chi connectivity index (χ4v) is 3.37. The van der Waals surface area contributed by atoms with Crippen molar-refractivity contribution < 1.29 is 20.2 Å². The quantitative estimate of drug-likeness (QED) is 0.533. The van der Waals surface area contributed by atoms with Gasteiger partial charge in [-0.3, -0.25) is 0 Å². The molecule has 1 fully saturated rings. The number of aliphatic hydroxyl groups excluding tert-OH is 2. The second kappa shape index (κ2) is 9.05. The zero-order valence-corrected chi connectivity index (χ0v) is 13.7. The number of hydrogen-bond acceptors (Lipinski definition) is 3. The normalized spacial score (nSPS) is 17.7. The first-order chi connectivity index (χ1) is 11.2. The molecule has 0 heterocycles. The van der Waals surface area contributed by atoms with Gasteiger partial charge in [-0.1, -0.05) is 49.1 Å². The first kappa shape index (κ1) is 18.0. The van der Waals surface area contributed by atoms with Gasteiger partial charge in [-0.25, -0.2) is 0 Å². The summed E-state index contributed by atoms with van der Waals surface area (Å²) in [7, 11) is 0. The summed E-state index contributed by atoms with van der Waals surface area (Å²) in [6, 6.07) is 9.70. The molecule has 1 aliphatic carbocycles. The van der Waals surface area contributed by atoms with E-state index in [1.165, 1.54) is 0 Å². The van der Waals surface area contributed by atoms with Gasteiger partial charge in [-0.15, -0.1) is 0 Å². The van der Waals surface area contributed by atoms with Crippen molar-refractivity contribution in [3.05, 3.63) is 35.9 Å². The summed E-state index contributed by atoms with van der Waals surface area (Å²) in [5, 5.41) is 29.4. The summed E-state index contributed by atoms with van der Waals surface area (Å²) in [6.45, 7) is 1.78. The van der Waals surface area contributed by atoms with Crippen LogP contribution in [-0.4, -0.2) is 48.2 Å². The maximum absolute atomic E-state index is 11.3. The fraction of sp³-hybridized carbons (Fsp3) is 0.579. The molecule has 4 N–H and O–H groups in total. The molecular weight excluding hydrogens is 290 g/mol. The van der Waals surface area contributed by atoms with Crippen LogP contribution in [0.25, 0.3) is 0 Å². The maximum atomic E-state index is 11.3. The lowest BCUT2D eigenvalue weighted by atomic mass is 9.80. The Labute approximate surface area is 138 Å². The SMILES string of the molecule is OCC[NH+](CC#C[C@](O)(c1ccccc1)C1CCCC1)CCO. The molecule has 1 saturated carbocycles. The first-order valence-corrected chi connectivity index (χ1v) is 8.54. The molecule has 2 rings (SSSR count). The Morgan fingerprint density at radius 1 is 1.04 bits per heavy atom. The highest BCUT2D eigenvalue weighted by Crippen LogP contribution is 2.40. The third-order valence-corrected chi connectivity index (χ3v) is 4.71. The summed E-state index contributed by atoms with van der Waals surface area (Å²) in [5.41, 5.74) is -0.230. The minimum absolute atomic E-state index is 0.0720. The lowest BCUT2D eigenvalue weighted by molar-refractivity contribution is -0.893. The van der Waals surface area contributed by atoms with Gasteiger partial charge in [-0.2, -0.15) is 0 Å².